The van der Waals surface area contributed by atoms with Crippen LogP contribution in [-0.2, 0) is 7.05 Å². The Kier molecular flexibility index (Phi) is 7.24. The van der Waals surface area contributed by atoms with Crippen LogP contribution in [0.1, 0.15) is 31.2 Å². The van der Waals surface area contributed by atoms with Gasteiger partial charge in [0.25, 0.3) is 0 Å². The molecule has 1 fully saturated rings. The van der Waals surface area contributed by atoms with Gasteiger partial charge in [-0.1, -0.05) is 12.5 Å². The second-order valence-electron chi connectivity index (χ2n) is 8.40. The fourth-order valence-corrected chi connectivity index (χ4v) is 4.07. The fraction of sp³-hybridized carbons (Fsp3) is 0.360. The number of carbonyl (C=O) groups is 1. The number of aromatic nitrogens is 2. The minimum absolute atomic E-state index is 0.135. The van der Waals surface area contributed by atoms with Crippen LogP contribution in [0.25, 0.3) is 11.3 Å². The molecule has 4 rings (SSSR count). The number of rotatable bonds is 7. The Bertz CT molecular complexity index is 1110. The predicted molar refractivity (Wildman–Crippen MR) is 128 cm³/mol. The molecule has 0 bridgehead atoms. The highest BCUT2D eigenvalue weighted by Crippen LogP contribution is 2.33. The summed E-state index contributed by atoms with van der Waals surface area (Å²) in [5.74, 6) is 0.243. The van der Waals surface area contributed by atoms with Gasteiger partial charge in [-0.05, 0) is 74.7 Å². The minimum atomic E-state index is -0.521. The summed E-state index contributed by atoms with van der Waals surface area (Å²) in [7, 11) is 1.86. The van der Waals surface area contributed by atoms with Crippen molar-refractivity contribution < 1.29 is 13.9 Å². The van der Waals surface area contributed by atoms with Gasteiger partial charge in [0, 0.05) is 30.5 Å². The standard InChI is InChI=1S/C25H30FN5O2/c1-17-6-8-21(26)22(15-17)30-25(32)29-19-7-9-24(20(16-19)23-10-13-28-31(23)2)33-14-11-18-5-3-4-12-27-18/h6-10,13,15-16,18,27H,3-5,11-12,14H2,1-2H3,(H2,29,30,32). The van der Waals surface area contributed by atoms with E-state index in [9.17, 15) is 9.18 Å². The number of hydrogen-bond acceptors (Lipinski definition) is 4. The molecule has 3 aromatic rings. The lowest BCUT2D eigenvalue weighted by Gasteiger charge is -2.23. The first-order valence-corrected chi connectivity index (χ1v) is 11.3. The molecule has 7 nitrogen and oxygen atoms in total. The third kappa shape index (κ3) is 5.90. The van der Waals surface area contributed by atoms with Crippen LogP contribution < -0.4 is 20.7 Å². The van der Waals surface area contributed by atoms with E-state index in [4.69, 9.17) is 4.74 Å². The van der Waals surface area contributed by atoms with E-state index in [1.54, 1.807) is 29.1 Å². The van der Waals surface area contributed by atoms with E-state index in [0.29, 0.717) is 18.3 Å². The molecule has 1 saturated heterocycles. The molecule has 2 heterocycles. The lowest BCUT2D eigenvalue weighted by atomic mass is 10.0. The largest absolute Gasteiger partial charge is 0.493 e. The van der Waals surface area contributed by atoms with E-state index in [1.807, 2.05) is 32.2 Å². The molecule has 8 heteroatoms. The molecule has 1 atom stereocenters. The van der Waals surface area contributed by atoms with Gasteiger partial charge in [-0.15, -0.1) is 0 Å². The molecule has 0 aliphatic carbocycles. The second kappa shape index (κ2) is 10.5. The number of ether oxygens (including phenoxy) is 1. The van der Waals surface area contributed by atoms with E-state index in [2.05, 4.69) is 21.0 Å². The summed E-state index contributed by atoms with van der Waals surface area (Å²) in [4.78, 5) is 12.5. The smallest absolute Gasteiger partial charge is 0.323 e. The van der Waals surface area contributed by atoms with Crippen molar-refractivity contribution in [3.63, 3.8) is 0 Å². The van der Waals surface area contributed by atoms with Crippen molar-refractivity contribution in [2.45, 2.75) is 38.6 Å². The summed E-state index contributed by atoms with van der Waals surface area (Å²) in [6.07, 6.45) is 6.33. The highest BCUT2D eigenvalue weighted by atomic mass is 19.1. The fourth-order valence-electron chi connectivity index (χ4n) is 4.07. The Morgan fingerprint density at radius 3 is 2.85 bits per heavy atom. The van der Waals surface area contributed by atoms with Crippen molar-refractivity contribution in [2.24, 2.45) is 7.05 Å². The van der Waals surface area contributed by atoms with E-state index >= 15 is 0 Å². The van der Waals surface area contributed by atoms with Crippen molar-refractivity contribution in [1.82, 2.24) is 15.1 Å². The van der Waals surface area contributed by atoms with Crippen molar-refractivity contribution >= 4 is 17.4 Å². The molecule has 2 aromatic carbocycles. The number of halogens is 1. The van der Waals surface area contributed by atoms with Gasteiger partial charge in [0.15, 0.2) is 0 Å². The van der Waals surface area contributed by atoms with Crippen LogP contribution in [-0.4, -0.2) is 35.0 Å². The molecular weight excluding hydrogens is 421 g/mol. The van der Waals surface area contributed by atoms with Crippen LogP contribution in [0.2, 0.25) is 0 Å². The lowest BCUT2D eigenvalue weighted by molar-refractivity contribution is 0.262. The van der Waals surface area contributed by atoms with Gasteiger partial charge >= 0.3 is 6.03 Å². The number of aryl methyl sites for hydroxylation is 2. The maximum Gasteiger partial charge on any atom is 0.323 e. The van der Waals surface area contributed by atoms with Crippen LogP contribution in [0.5, 0.6) is 5.75 Å². The Balaban J connectivity index is 1.48. The lowest BCUT2D eigenvalue weighted by Crippen LogP contribution is -2.35. The molecular formula is C25H30FN5O2. The van der Waals surface area contributed by atoms with Gasteiger partial charge in [-0.3, -0.25) is 4.68 Å². The third-order valence-corrected chi connectivity index (χ3v) is 5.84. The van der Waals surface area contributed by atoms with Gasteiger partial charge in [0.2, 0.25) is 0 Å². The summed E-state index contributed by atoms with van der Waals surface area (Å²) in [6.45, 7) is 3.51. The first kappa shape index (κ1) is 22.8. The minimum Gasteiger partial charge on any atom is -0.493 e. The van der Waals surface area contributed by atoms with E-state index in [0.717, 1.165) is 35.5 Å². The quantitative estimate of drug-likeness (QED) is 0.467. The van der Waals surface area contributed by atoms with Crippen molar-refractivity contribution in [1.29, 1.82) is 0 Å². The molecule has 3 N–H and O–H groups in total. The van der Waals surface area contributed by atoms with Gasteiger partial charge in [-0.25, -0.2) is 9.18 Å². The van der Waals surface area contributed by atoms with Gasteiger partial charge in [0.1, 0.15) is 11.6 Å². The summed E-state index contributed by atoms with van der Waals surface area (Å²) in [5.41, 5.74) is 3.25. The average Bonchev–Trinajstić information content (AvgIpc) is 3.23. The molecule has 0 radical (unpaired) electrons. The van der Waals surface area contributed by atoms with Gasteiger partial charge < -0.3 is 20.7 Å². The summed E-state index contributed by atoms with van der Waals surface area (Å²) < 4.78 is 21.9. The maximum absolute atomic E-state index is 14.0. The molecule has 1 aromatic heterocycles. The zero-order valence-corrected chi connectivity index (χ0v) is 19.0. The van der Waals surface area contributed by atoms with Crippen molar-refractivity contribution in [3.8, 4) is 17.0 Å². The number of anilines is 2. The first-order valence-electron chi connectivity index (χ1n) is 11.3. The zero-order valence-electron chi connectivity index (χ0n) is 19.0. The molecule has 1 unspecified atom stereocenters. The molecule has 174 valence electrons. The highest BCUT2D eigenvalue weighted by molar-refractivity contribution is 6.00. The van der Waals surface area contributed by atoms with Crippen LogP contribution in [0.3, 0.4) is 0 Å². The highest BCUT2D eigenvalue weighted by Gasteiger charge is 2.16. The van der Waals surface area contributed by atoms with Crippen LogP contribution in [0.4, 0.5) is 20.6 Å². The van der Waals surface area contributed by atoms with Crippen LogP contribution in [0, 0.1) is 12.7 Å². The SMILES string of the molecule is Cc1ccc(F)c(NC(=O)Nc2ccc(OCCC3CCCCN3)c(-c3ccnn3C)c2)c1. The number of benzene rings is 2. The van der Waals surface area contributed by atoms with Crippen LogP contribution in [0.15, 0.2) is 48.7 Å². The van der Waals surface area contributed by atoms with E-state index in [-0.39, 0.29) is 5.69 Å². The van der Waals surface area contributed by atoms with Gasteiger partial charge in [0.05, 0.1) is 18.0 Å². The summed E-state index contributed by atoms with van der Waals surface area (Å²) in [5, 5.41) is 13.2. The topological polar surface area (TPSA) is 80.2 Å². The number of urea groups is 1. The third-order valence-electron chi connectivity index (χ3n) is 5.84. The van der Waals surface area contributed by atoms with E-state index < -0.39 is 11.8 Å². The molecule has 1 aliphatic heterocycles. The predicted octanol–water partition coefficient (Wildman–Crippen LogP) is 5.09. The van der Waals surface area contributed by atoms with Crippen molar-refractivity contribution in [2.75, 3.05) is 23.8 Å². The molecule has 33 heavy (non-hydrogen) atoms. The average molecular weight is 452 g/mol. The normalized spacial score (nSPS) is 15.8. The summed E-state index contributed by atoms with van der Waals surface area (Å²) in [6, 6.07) is 11.9. The number of carbonyl (C=O) groups excluding carboxylic acids is 1. The maximum atomic E-state index is 14.0. The Labute approximate surface area is 193 Å². The number of hydrogen-bond donors (Lipinski definition) is 3. The van der Waals surface area contributed by atoms with Gasteiger partial charge in [-0.2, -0.15) is 5.10 Å². The Morgan fingerprint density at radius 1 is 1.21 bits per heavy atom. The summed E-state index contributed by atoms with van der Waals surface area (Å²) >= 11 is 0. The number of piperidine rings is 1. The van der Waals surface area contributed by atoms with E-state index in [1.165, 1.54) is 25.3 Å². The molecule has 0 saturated carbocycles. The number of amides is 2. The first-order chi connectivity index (χ1) is 16.0. The number of nitrogens with zero attached hydrogens (tertiary/aromatic N) is 2. The zero-order chi connectivity index (χ0) is 23.2. The molecule has 1 aliphatic rings. The monoisotopic (exact) mass is 451 g/mol. The van der Waals surface area contributed by atoms with Crippen LogP contribution >= 0.6 is 0 Å². The number of nitrogens with one attached hydrogen (secondary N) is 3. The molecule has 0 spiro atoms. The van der Waals surface area contributed by atoms with Crippen molar-refractivity contribution in [3.05, 3.63) is 60.0 Å². The Hall–Kier alpha value is -3.39. The molecule has 2 amide bonds. The second-order valence-corrected chi connectivity index (χ2v) is 8.40. The Morgan fingerprint density at radius 2 is 2.09 bits per heavy atom.